The van der Waals surface area contributed by atoms with Gasteiger partial charge in [0.05, 0.1) is 9.35 Å². The van der Waals surface area contributed by atoms with E-state index in [-0.39, 0.29) is 9.35 Å². The van der Waals surface area contributed by atoms with E-state index in [9.17, 15) is 13.6 Å². The third kappa shape index (κ3) is 3.47. The number of carbonyl (C=O) groups is 1. The Bertz CT molecular complexity index is 395. The number of hydrogen-bond donors (Lipinski definition) is 1. The third-order valence-corrected chi connectivity index (χ3v) is 5.17. The Morgan fingerprint density at radius 2 is 2.19 bits per heavy atom. The molecular formula is C8H6Br2F2O3S. The van der Waals surface area contributed by atoms with Gasteiger partial charge in [-0.3, -0.25) is 0 Å². The Morgan fingerprint density at radius 1 is 1.56 bits per heavy atom. The van der Waals surface area contributed by atoms with Crippen LogP contribution in [-0.2, 0) is 15.5 Å². The van der Waals surface area contributed by atoms with Crippen molar-refractivity contribution in [1.29, 1.82) is 0 Å². The van der Waals surface area contributed by atoms with Gasteiger partial charge in [0.25, 0.3) is 0 Å². The van der Waals surface area contributed by atoms with Gasteiger partial charge < -0.3 is 9.84 Å². The van der Waals surface area contributed by atoms with Gasteiger partial charge >= 0.3 is 11.9 Å². The molecule has 1 aromatic heterocycles. The van der Waals surface area contributed by atoms with E-state index in [1.807, 2.05) is 0 Å². The SMILES string of the molecule is O=C(O)COCC(F)(F)c1scc(Br)c1Br. The molecule has 0 spiro atoms. The summed E-state index contributed by atoms with van der Waals surface area (Å²) in [4.78, 5) is 9.92. The lowest BCUT2D eigenvalue weighted by Crippen LogP contribution is -2.22. The zero-order chi connectivity index (χ0) is 12.3. The van der Waals surface area contributed by atoms with Gasteiger partial charge in [-0.05, 0) is 31.9 Å². The van der Waals surface area contributed by atoms with Crippen LogP contribution in [0.25, 0.3) is 0 Å². The van der Waals surface area contributed by atoms with Gasteiger partial charge in [-0.1, -0.05) is 0 Å². The average Bonchev–Trinajstić information content (AvgIpc) is 2.47. The van der Waals surface area contributed by atoms with Crippen molar-refractivity contribution in [3.63, 3.8) is 0 Å². The van der Waals surface area contributed by atoms with E-state index in [0.717, 1.165) is 11.3 Å². The number of alkyl halides is 2. The van der Waals surface area contributed by atoms with Gasteiger partial charge in [-0.2, -0.15) is 8.78 Å². The largest absolute Gasteiger partial charge is 0.480 e. The fourth-order valence-electron chi connectivity index (χ4n) is 0.901. The van der Waals surface area contributed by atoms with E-state index in [1.54, 1.807) is 0 Å². The van der Waals surface area contributed by atoms with Gasteiger partial charge in [0, 0.05) is 9.85 Å². The molecule has 1 rings (SSSR count). The Labute approximate surface area is 111 Å². The predicted octanol–water partition coefficient (Wildman–Crippen LogP) is 3.47. The summed E-state index contributed by atoms with van der Waals surface area (Å²) in [7, 11) is 0. The first-order valence-corrected chi connectivity index (χ1v) is 6.41. The molecule has 1 aromatic rings. The van der Waals surface area contributed by atoms with Gasteiger partial charge in [-0.25, -0.2) is 4.79 Å². The summed E-state index contributed by atoms with van der Waals surface area (Å²) in [5.74, 6) is -4.48. The molecule has 1 N–H and O–H groups in total. The summed E-state index contributed by atoms with van der Waals surface area (Å²) in [6.45, 7) is -1.69. The monoisotopic (exact) mass is 378 g/mol. The molecule has 0 aliphatic heterocycles. The van der Waals surface area contributed by atoms with Crippen LogP contribution in [0.4, 0.5) is 8.78 Å². The molecule has 0 amide bonds. The molecule has 90 valence electrons. The van der Waals surface area contributed by atoms with E-state index < -0.39 is 25.1 Å². The molecule has 0 radical (unpaired) electrons. The zero-order valence-electron chi connectivity index (χ0n) is 7.68. The number of thiophene rings is 1. The van der Waals surface area contributed by atoms with Crippen LogP contribution in [0.1, 0.15) is 4.88 Å². The van der Waals surface area contributed by atoms with Crippen molar-refractivity contribution in [3.8, 4) is 0 Å². The molecule has 0 saturated heterocycles. The Morgan fingerprint density at radius 3 is 2.62 bits per heavy atom. The number of hydrogen-bond acceptors (Lipinski definition) is 3. The first-order valence-electron chi connectivity index (χ1n) is 3.95. The minimum Gasteiger partial charge on any atom is -0.480 e. The molecule has 0 aliphatic rings. The van der Waals surface area contributed by atoms with Gasteiger partial charge in [-0.15, -0.1) is 11.3 Å². The van der Waals surface area contributed by atoms with Gasteiger partial charge in [0.15, 0.2) is 0 Å². The number of carboxylic acids is 1. The highest BCUT2D eigenvalue weighted by molar-refractivity contribution is 9.13. The second-order valence-corrected chi connectivity index (χ2v) is 5.34. The zero-order valence-corrected chi connectivity index (χ0v) is 11.7. The van der Waals surface area contributed by atoms with Crippen LogP contribution in [0, 0.1) is 0 Å². The highest BCUT2D eigenvalue weighted by Gasteiger charge is 2.36. The van der Waals surface area contributed by atoms with E-state index in [0.29, 0.717) is 4.47 Å². The van der Waals surface area contributed by atoms with Gasteiger partial charge in [0.1, 0.15) is 13.2 Å². The van der Waals surface area contributed by atoms with Crippen LogP contribution in [0.3, 0.4) is 0 Å². The average molecular weight is 380 g/mol. The fraction of sp³-hybridized carbons (Fsp3) is 0.375. The van der Waals surface area contributed by atoms with Gasteiger partial charge in [0.2, 0.25) is 0 Å². The first-order chi connectivity index (χ1) is 7.34. The number of halogens is 4. The van der Waals surface area contributed by atoms with E-state index in [4.69, 9.17) is 5.11 Å². The van der Waals surface area contributed by atoms with Crippen LogP contribution in [0.15, 0.2) is 14.3 Å². The lowest BCUT2D eigenvalue weighted by atomic mass is 10.3. The molecule has 0 fully saturated rings. The molecule has 1 heterocycles. The molecule has 16 heavy (non-hydrogen) atoms. The normalized spacial score (nSPS) is 11.8. The molecule has 0 aromatic carbocycles. The van der Waals surface area contributed by atoms with Crippen molar-refractivity contribution in [2.24, 2.45) is 0 Å². The van der Waals surface area contributed by atoms with Crippen LogP contribution in [-0.4, -0.2) is 24.3 Å². The second kappa shape index (κ2) is 5.52. The molecule has 0 aliphatic carbocycles. The van der Waals surface area contributed by atoms with Crippen molar-refractivity contribution in [3.05, 3.63) is 19.2 Å². The molecule has 3 nitrogen and oxygen atoms in total. The molecule has 0 unspecified atom stereocenters. The van der Waals surface area contributed by atoms with Crippen LogP contribution < -0.4 is 0 Å². The Balaban J connectivity index is 2.70. The summed E-state index contributed by atoms with van der Waals surface area (Å²) in [6, 6.07) is 0. The lowest BCUT2D eigenvalue weighted by Gasteiger charge is -2.14. The van der Waals surface area contributed by atoms with Crippen LogP contribution >= 0.6 is 43.2 Å². The summed E-state index contributed by atoms with van der Waals surface area (Å²) in [6.07, 6.45) is 0. The minimum atomic E-state index is -3.20. The van der Waals surface area contributed by atoms with Crippen molar-refractivity contribution >= 4 is 49.2 Å². The number of aliphatic carboxylic acids is 1. The molecule has 0 saturated carbocycles. The van der Waals surface area contributed by atoms with Crippen molar-refractivity contribution in [2.45, 2.75) is 5.92 Å². The lowest BCUT2D eigenvalue weighted by molar-refractivity contribution is -0.147. The second-order valence-electron chi connectivity index (χ2n) is 2.82. The van der Waals surface area contributed by atoms with E-state index >= 15 is 0 Å². The quantitative estimate of drug-likeness (QED) is 0.852. The first kappa shape index (κ1) is 14.0. The number of rotatable bonds is 5. The summed E-state index contributed by atoms with van der Waals surface area (Å²) < 4.78 is 32.2. The van der Waals surface area contributed by atoms with Crippen LogP contribution in [0.5, 0.6) is 0 Å². The van der Waals surface area contributed by atoms with E-state index in [2.05, 4.69) is 36.6 Å². The third-order valence-electron chi connectivity index (χ3n) is 1.53. The Hall–Kier alpha value is -0.0500. The fourth-order valence-corrected chi connectivity index (χ4v) is 3.13. The minimum absolute atomic E-state index is 0.190. The number of ether oxygens (including phenoxy) is 1. The maximum atomic E-state index is 13.5. The molecule has 8 heteroatoms. The van der Waals surface area contributed by atoms with Crippen LogP contribution in [0.2, 0.25) is 0 Å². The molecule has 0 atom stereocenters. The molecular weight excluding hydrogens is 374 g/mol. The van der Waals surface area contributed by atoms with E-state index in [1.165, 1.54) is 5.38 Å². The predicted molar refractivity (Wildman–Crippen MR) is 62.1 cm³/mol. The molecule has 0 bridgehead atoms. The number of carboxylic acid groups (broad SMARTS) is 1. The maximum Gasteiger partial charge on any atom is 0.329 e. The smallest absolute Gasteiger partial charge is 0.329 e. The summed E-state index contributed by atoms with van der Waals surface area (Å²) >= 11 is 6.98. The Kier molecular flexibility index (Phi) is 4.84. The summed E-state index contributed by atoms with van der Waals surface area (Å²) in [5, 5.41) is 9.77. The topological polar surface area (TPSA) is 46.5 Å². The van der Waals surface area contributed by atoms with Crippen molar-refractivity contribution < 1.29 is 23.4 Å². The maximum absolute atomic E-state index is 13.5. The highest BCUT2D eigenvalue weighted by atomic mass is 79.9. The standard InChI is InChI=1S/C8H6Br2F2O3S/c9-4-2-16-7(6(4)10)8(11,12)3-15-1-5(13)14/h2H,1,3H2,(H,13,14). The highest BCUT2D eigenvalue weighted by Crippen LogP contribution is 2.42. The van der Waals surface area contributed by atoms with Crippen molar-refractivity contribution in [1.82, 2.24) is 0 Å². The summed E-state index contributed by atoms with van der Waals surface area (Å²) in [5.41, 5.74) is 0. The van der Waals surface area contributed by atoms with Crippen molar-refractivity contribution in [2.75, 3.05) is 13.2 Å².